The number of hydrogen-bond donors (Lipinski definition) is 2. The van der Waals surface area contributed by atoms with Gasteiger partial charge in [0.25, 0.3) is 0 Å². The van der Waals surface area contributed by atoms with Gasteiger partial charge in [0.15, 0.2) is 5.75 Å². The fourth-order valence-corrected chi connectivity index (χ4v) is 6.01. The average molecular weight is 645 g/mol. The Balaban J connectivity index is 1.57. The maximum atomic E-state index is 13.4. The molecule has 4 aromatic rings. The molecule has 0 saturated heterocycles. The molecule has 3 aromatic carbocycles. The number of carbonyl (C=O) groups is 1. The Labute approximate surface area is 257 Å². The first kappa shape index (κ1) is 32.8. The largest absolute Gasteiger partial charge is 0.444 e. The van der Waals surface area contributed by atoms with E-state index in [9.17, 15) is 26.7 Å². The van der Waals surface area contributed by atoms with E-state index >= 15 is 0 Å². The molecule has 0 aliphatic carbocycles. The van der Waals surface area contributed by atoms with Crippen LogP contribution in [0.5, 0.6) is 11.5 Å². The fraction of sp³-hybridized carbons (Fsp3) is 0.323. The van der Waals surface area contributed by atoms with E-state index in [-0.39, 0.29) is 22.9 Å². The van der Waals surface area contributed by atoms with Gasteiger partial charge in [0.2, 0.25) is 0 Å². The minimum absolute atomic E-state index is 0.00757. The van der Waals surface area contributed by atoms with Crippen LogP contribution in [0.3, 0.4) is 0 Å². The second kappa shape index (κ2) is 12.9. The number of H-pyrrole nitrogens is 1. The third-order valence-corrected chi connectivity index (χ3v) is 8.27. The zero-order chi connectivity index (χ0) is 32.3. The molecule has 0 radical (unpaired) electrons. The number of aromatic nitrogens is 1. The summed E-state index contributed by atoms with van der Waals surface area (Å²) < 4.78 is 64.9. The summed E-state index contributed by atoms with van der Waals surface area (Å²) >= 11 is 0. The quantitative estimate of drug-likeness (QED) is 0.211. The standard InChI is InChI=1S/C31H36N2O9S2/c1-21(17-23-19-32-29-26(23)15-10-16-28(29)42-43(5,36)37)33(30(35)40-31(2,3)4)20-27(34)22-11-9-12-24(18-22)41-44(38,39)25-13-7-6-8-14-25/h6-16,18-19,21,27,32,34H,17,20H2,1-5H3/t21-,27+/m1/s1. The molecule has 13 heteroatoms. The fourth-order valence-electron chi connectivity index (χ4n) is 4.60. The van der Waals surface area contributed by atoms with Crippen LogP contribution in [0.4, 0.5) is 4.79 Å². The molecule has 1 heterocycles. The molecule has 0 bridgehead atoms. The molecule has 0 saturated carbocycles. The zero-order valence-corrected chi connectivity index (χ0v) is 26.7. The molecule has 1 amide bonds. The van der Waals surface area contributed by atoms with Crippen molar-refractivity contribution in [2.45, 2.75) is 56.8 Å². The molecule has 236 valence electrons. The Hall–Kier alpha value is -4.07. The van der Waals surface area contributed by atoms with Crippen molar-refractivity contribution < 1.29 is 39.8 Å². The van der Waals surface area contributed by atoms with Crippen molar-refractivity contribution in [1.82, 2.24) is 9.88 Å². The Morgan fingerprint density at radius 3 is 2.30 bits per heavy atom. The number of rotatable bonds is 11. The summed E-state index contributed by atoms with van der Waals surface area (Å²) in [6, 6.07) is 18.3. The second-order valence-electron chi connectivity index (χ2n) is 11.4. The first-order chi connectivity index (χ1) is 20.5. The number of hydrogen-bond acceptors (Lipinski definition) is 9. The lowest BCUT2D eigenvalue weighted by atomic mass is 10.0. The Bertz CT molecular complexity index is 1830. The van der Waals surface area contributed by atoms with Gasteiger partial charge in [-0.25, -0.2) is 4.79 Å². The van der Waals surface area contributed by atoms with E-state index in [4.69, 9.17) is 13.1 Å². The van der Waals surface area contributed by atoms with E-state index < -0.39 is 44.1 Å². The second-order valence-corrected chi connectivity index (χ2v) is 14.5. The number of ether oxygens (including phenoxy) is 1. The van der Waals surface area contributed by atoms with Gasteiger partial charge in [0.05, 0.1) is 24.4 Å². The summed E-state index contributed by atoms with van der Waals surface area (Å²) in [5, 5.41) is 12.0. The number of nitrogens with zero attached hydrogens (tertiary/aromatic N) is 1. The summed E-state index contributed by atoms with van der Waals surface area (Å²) in [7, 11) is -7.85. The molecule has 2 N–H and O–H groups in total. The molecule has 2 atom stereocenters. The maximum Gasteiger partial charge on any atom is 0.410 e. The van der Waals surface area contributed by atoms with E-state index in [0.29, 0.717) is 22.9 Å². The number of aliphatic hydroxyl groups is 1. The highest BCUT2D eigenvalue weighted by Crippen LogP contribution is 2.30. The smallest absolute Gasteiger partial charge is 0.410 e. The van der Waals surface area contributed by atoms with E-state index in [1.54, 1.807) is 76.4 Å². The number of amides is 1. The topological polar surface area (TPSA) is 152 Å². The first-order valence-corrected chi connectivity index (χ1v) is 17.0. The minimum atomic E-state index is -4.10. The van der Waals surface area contributed by atoms with E-state index in [1.165, 1.54) is 29.2 Å². The summed E-state index contributed by atoms with van der Waals surface area (Å²) in [5.41, 5.74) is 0.807. The Morgan fingerprint density at radius 2 is 1.64 bits per heavy atom. The number of fused-ring (bicyclic) bond motifs is 1. The number of para-hydroxylation sites is 1. The molecule has 0 fully saturated rings. The molecule has 0 aliphatic rings. The molecule has 0 unspecified atom stereocenters. The molecular weight excluding hydrogens is 608 g/mol. The number of aromatic amines is 1. The summed E-state index contributed by atoms with van der Waals surface area (Å²) in [5.74, 6) is 0.160. The summed E-state index contributed by atoms with van der Waals surface area (Å²) in [4.78, 5) is 17.8. The van der Waals surface area contributed by atoms with Crippen LogP contribution >= 0.6 is 0 Å². The molecule has 11 nitrogen and oxygen atoms in total. The number of aliphatic hydroxyl groups excluding tert-OH is 1. The van der Waals surface area contributed by atoms with Crippen LogP contribution in [0.2, 0.25) is 0 Å². The van der Waals surface area contributed by atoms with Crippen molar-refractivity contribution in [2.24, 2.45) is 0 Å². The van der Waals surface area contributed by atoms with Crippen molar-refractivity contribution in [3.63, 3.8) is 0 Å². The van der Waals surface area contributed by atoms with Gasteiger partial charge in [0, 0.05) is 17.6 Å². The molecule has 1 aromatic heterocycles. The van der Waals surface area contributed by atoms with Gasteiger partial charge in [-0.3, -0.25) is 0 Å². The molecular formula is C31H36N2O9S2. The van der Waals surface area contributed by atoms with Gasteiger partial charge in [-0.15, -0.1) is 0 Å². The summed E-state index contributed by atoms with van der Waals surface area (Å²) in [6.45, 7) is 6.84. The molecule has 0 aliphatic heterocycles. The molecule has 0 spiro atoms. The highest BCUT2D eigenvalue weighted by Gasteiger charge is 2.29. The van der Waals surface area contributed by atoms with E-state index in [2.05, 4.69) is 4.98 Å². The monoisotopic (exact) mass is 644 g/mol. The van der Waals surface area contributed by atoms with Gasteiger partial charge in [-0.05, 0) is 75.6 Å². The number of benzene rings is 3. The SMILES string of the molecule is C[C@H](Cc1c[nH]c2c(OS(C)(=O)=O)cccc12)N(C[C@H](O)c1cccc(OS(=O)(=O)c2ccccc2)c1)C(=O)OC(C)(C)C. The van der Waals surface area contributed by atoms with Crippen LogP contribution in [0, 0.1) is 0 Å². The third-order valence-electron chi connectivity index (χ3n) is 6.53. The van der Waals surface area contributed by atoms with Gasteiger partial charge in [-0.1, -0.05) is 42.5 Å². The number of nitrogens with one attached hydrogen (secondary N) is 1. The Morgan fingerprint density at radius 1 is 0.955 bits per heavy atom. The molecule has 44 heavy (non-hydrogen) atoms. The lowest BCUT2D eigenvalue weighted by Gasteiger charge is -2.33. The minimum Gasteiger partial charge on any atom is -0.444 e. The van der Waals surface area contributed by atoms with Crippen molar-refractivity contribution in [2.75, 3.05) is 12.8 Å². The Kier molecular flexibility index (Phi) is 9.62. The van der Waals surface area contributed by atoms with Gasteiger partial charge < -0.3 is 28.1 Å². The predicted octanol–water partition coefficient (Wildman–Crippen LogP) is 5.18. The van der Waals surface area contributed by atoms with Crippen molar-refractivity contribution >= 4 is 37.2 Å². The first-order valence-electron chi connectivity index (χ1n) is 13.8. The van der Waals surface area contributed by atoms with Gasteiger partial charge in [0.1, 0.15) is 16.2 Å². The zero-order valence-electron chi connectivity index (χ0n) is 25.1. The average Bonchev–Trinajstić information content (AvgIpc) is 3.33. The van der Waals surface area contributed by atoms with Gasteiger partial charge >= 0.3 is 26.3 Å². The van der Waals surface area contributed by atoms with Crippen molar-refractivity contribution in [3.05, 3.63) is 90.1 Å². The lowest BCUT2D eigenvalue weighted by Crippen LogP contribution is -2.45. The number of carbonyl (C=O) groups excluding carboxylic acids is 1. The highest BCUT2D eigenvalue weighted by molar-refractivity contribution is 7.87. The molecule has 4 rings (SSSR count). The lowest BCUT2D eigenvalue weighted by molar-refractivity contribution is 0.00549. The van der Waals surface area contributed by atoms with Crippen LogP contribution in [0.1, 0.15) is 44.9 Å². The highest BCUT2D eigenvalue weighted by atomic mass is 32.2. The summed E-state index contributed by atoms with van der Waals surface area (Å²) in [6.07, 6.45) is 1.14. The van der Waals surface area contributed by atoms with Crippen molar-refractivity contribution in [3.8, 4) is 11.5 Å². The van der Waals surface area contributed by atoms with Crippen molar-refractivity contribution in [1.29, 1.82) is 0 Å². The third kappa shape index (κ3) is 8.52. The van der Waals surface area contributed by atoms with E-state index in [0.717, 1.165) is 11.8 Å². The van der Waals surface area contributed by atoms with Crippen LogP contribution in [-0.4, -0.2) is 62.4 Å². The van der Waals surface area contributed by atoms with Crippen LogP contribution in [0.15, 0.2) is 83.9 Å². The maximum absolute atomic E-state index is 13.4. The van der Waals surface area contributed by atoms with E-state index in [1.807, 2.05) is 6.07 Å². The van der Waals surface area contributed by atoms with Crippen LogP contribution in [0.25, 0.3) is 10.9 Å². The van der Waals surface area contributed by atoms with Crippen LogP contribution in [-0.2, 0) is 31.4 Å². The predicted molar refractivity (Wildman–Crippen MR) is 166 cm³/mol. The van der Waals surface area contributed by atoms with Crippen LogP contribution < -0.4 is 8.37 Å². The normalized spacial score (nSPS) is 13.7. The van der Waals surface area contributed by atoms with Gasteiger partial charge in [-0.2, -0.15) is 16.8 Å².